The molecule has 0 saturated carbocycles. The van der Waals surface area contributed by atoms with Crippen LogP contribution in [0, 0.1) is 0 Å². The van der Waals surface area contributed by atoms with Crippen LogP contribution in [0.25, 0.3) is 21.8 Å². The van der Waals surface area contributed by atoms with Gasteiger partial charge in [-0.05, 0) is 36.9 Å². The Morgan fingerprint density at radius 1 is 0.786 bits per heavy atom. The number of aromatic nitrogens is 1. The zero-order chi connectivity index (χ0) is 19.3. The van der Waals surface area contributed by atoms with Crippen LogP contribution in [0.5, 0.6) is 5.75 Å². The predicted molar refractivity (Wildman–Crippen MR) is 118 cm³/mol. The molecule has 3 aromatic carbocycles. The Hall–Kier alpha value is -2.78. The lowest BCUT2D eigenvalue weighted by Gasteiger charge is -2.18. The number of ether oxygens (including phenoxy) is 1. The summed E-state index contributed by atoms with van der Waals surface area (Å²) in [7, 11) is 0. The average Bonchev–Trinajstić information content (AvgIpc) is 3.07. The number of benzene rings is 3. The van der Waals surface area contributed by atoms with Crippen molar-refractivity contribution in [3.8, 4) is 5.75 Å². The Kier molecular flexibility index (Phi) is 5.63. The summed E-state index contributed by atoms with van der Waals surface area (Å²) in [6.45, 7) is 9.02. The minimum Gasteiger partial charge on any atom is -0.492 e. The van der Waals surface area contributed by atoms with E-state index in [0.29, 0.717) is 6.61 Å². The SMILES string of the molecule is CCN(CC)CCOc1cccc2c1c1ccccc1n2Cc1ccccc1. The molecular weight excluding hydrogens is 344 g/mol. The summed E-state index contributed by atoms with van der Waals surface area (Å²) in [4.78, 5) is 2.39. The molecule has 4 rings (SSSR count). The van der Waals surface area contributed by atoms with E-state index in [1.54, 1.807) is 0 Å². The van der Waals surface area contributed by atoms with Gasteiger partial charge in [0.1, 0.15) is 12.4 Å². The predicted octanol–water partition coefficient (Wildman–Crippen LogP) is 5.56. The third kappa shape index (κ3) is 3.63. The molecule has 0 bridgehead atoms. The quantitative estimate of drug-likeness (QED) is 0.403. The lowest BCUT2D eigenvalue weighted by atomic mass is 10.1. The van der Waals surface area contributed by atoms with E-state index in [0.717, 1.165) is 31.9 Å². The van der Waals surface area contributed by atoms with E-state index in [1.807, 2.05) is 0 Å². The molecule has 0 N–H and O–H groups in total. The summed E-state index contributed by atoms with van der Waals surface area (Å²) in [6.07, 6.45) is 0. The second-order valence-corrected chi connectivity index (χ2v) is 7.11. The number of rotatable bonds is 8. The fourth-order valence-corrected chi connectivity index (χ4v) is 3.95. The Bertz CT molecular complexity index is 1050. The van der Waals surface area contributed by atoms with Gasteiger partial charge in [0.15, 0.2) is 0 Å². The van der Waals surface area contributed by atoms with Crippen LogP contribution in [0.1, 0.15) is 19.4 Å². The van der Waals surface area contributed by atoms with E-state index < -0.39 is 0 Å². The molecule has 0 fully saturated rings. The van der Waals surface area contributed by atoms with Crippen molar-refractivity contribution in [1.29, 1.82) is 0 Å². The van der Waals surface area contributed by atoms with Gasteiger partial charge < -0.3 is 14.2 Å². The van der Waals surface area contributed by atoms with Crippen LogP contribution in [-0.2, 0) is 6.54 Å². The maximum atomic E-state index is 6.27. The van der Waals surface area contributed by atoms with Gasteiger partial charge >= 0.3 is 0 Å². The van der Waals surface area contributed by atoms with Crippen molar-refractivity contribution in [3.05, 3.63) is 78.4 Å². The van der Waals surface area contributed by atoms with E-state index in [9.17, 15) is 0 Å². The first-order valence-electron chi connectivity index (χ1n) is 10.2. The third-order valence-corrected chi connectivity index (χ3v) is 5.50. The zero-order valence-corrected chi connectivity index (χ0v) is 16.8. The van der Waals surface area contributed by atoms with Gasteiger partial charge in [0.25, 0.3) is 0 Å². The smallest absolute Gasteiger partial charge is 0.129 e. The van der Waals surface area contributed by atoms with Gasteiger partial charge in [-0.2, -0.15) is 0 Å². The molecule has 0 spiro atoms. The topological polar surface area (TPSA) is 17.4 Å². The highest BCUT2D eigenvalue weighted by molar-refractivity contribution is 6.11. The number of para-hydroxylation sites is 1. The summed E-state index contributed by atoms with van der Waals surface area (Å²) in [6, 6.07) is 25.7. The van der Waals surface area contributed by atoms with Crippen LogP contribution in [0.3, 0.4) is 0 Å². The van der Waals surface area contributed by atoms with E-state index >= 15 is 0 Å². The van der Waals surface area contributed by atoms with Crippen LogP contribution in [0.15, 0.2) is 72.8 Å². The monoisotopic (exact) mass is 372 g/mol. The molecule has 0 aliphatic carbocycles. The van der Waals surface area contributed by atoms with Gasteiger partial charge in [-0.3, -0.25) is 0 Å². The number of hydrogen-bond acceptors (Lipinski definition) is 2. The fraction of sp³-hybridized carbons (Fsp3) is 0.280. The van der Waals surface area contributed by atoms with Crippen molar-refractivity contribution < 1.29 is 4.74 Å². The van der Waals surface area contributed by atoms with Crippen LogP contribution in [0.2, 0.25) is 0 Å². The first-order valence-corrected chi connectivity index (χ1v) is 10.2. The van der Waals surface area contributed by atoms with Gasteiger partial charge in [0.2, 0.25) is 0 Å². The lowest BCUT2D eigenvalue weighted by molar-refractivity contribution is 0.224. The summed E-state index contributed by atoms with van der Waals surface area (Å²) in [5.74, 6) is 0.979. The van der Waals surface area contributed by atoms with Gasteiger partial charge in [-0.25, -0.2) is 0 Å². The molecule has 0 aliphatic heterocycles. The molecule has 3 nitrogen and oxygen atoms in total. The van der Waals surface area contributed by atoms with Crippen molar-refractivity contribution in [2.24, 2.45) is 0 Å². The molecule has 144 valence electrons. The van der Waals surface area contributed by atoms with Gasteiger partial charge in [0.05, 0.1) is 5.52 Å². The maximum Gasteiger partial charge on any atom is 0.129 e. The highest BCUT2D eigenvalue weighted by atomic mass is 16.5. The second kappa shape index (κ2) is 8.49. The molecule has 0 radical (unpaired) electrons. The molecular formula is C25H28N2O. The minimum absolute atomic E-state index is 0.707. The maximum absolute atomic E-state index is 6.27. The van der Waals surface area contributed by atoms with Crippen molar-refractivity contribution >= 4 is 21.8 Å². The van der Waals surface area contributed by atoms with Crippen LogP contribution < -0.4 is 4.74 Å². The first-order chi connectivity index (χ1) is 13.8. The number of hydrogen-bond donors (Lipinski definition) is 0. The molecule has 1 aromatic heterocycles. The summed E-state index contributed by atoms with van der Waals surface area (Å²) in [5, 5.41) is 2.47. The largest absolute Gasteiger partial charge is 0.492 e. The molecule has 3 heteroatoms. The first kappa shape index (κ1) is 18.6. The second-order valence-electron chi connectivity index (χ2n) is 7.11. The number of fused-ring (bicyclic) bond motifs is 3. The highest BCUT2D eigenvalue weighted by Crippen LogP contribution is 2.36. The Morgan fingerprint density at radius 2 is 1.50 bits per heavy atom. The standard InChI is InChI=1S/C25H28N2O/c1-3-26(4-2)17-18-28-24-16-10-15-23-25(24)21-13-8-9-14-22(21)27(23)19-20-11-6-5-7-12-20/h5-16H,3-4,17-19H2,1-2H3. The molecule has 0 unspecified atom stereocenters. The van der Waals surface area contributed by atoms with Crippen LogP contribution in [-0.4, -0.2) is 35.7 Å². The average molecular weight is 373 g/mol. The molecule has 0 saturated heterocycles. The molecule has 1 heterocycles. The molecule has 0 aliphatic rings. The summed E-state index contributed by atoms with van der Waals surface area (Å²) >= 11 is 0. The zero-order valence-electron chi connectivity index (χ0n) is 16.8. The third-order valence-electron chi connectivity index (χ3n) is 5.50. The Morgan fingerprint density at radius 3 is 2.29 bits per heavy atom. The summed E-state index contributed by atoms with van der Waals surface area (Å²) < 4.78 is 8.67. The summed E-state index contributed by atoms with van der Waals surface area (Å²) in [5.41, 5.74) is 3.78. The van der Waals surface area contributed by atoms with Crippen molar-refractivity contribution in [2.75, 3.05) is 26.2 Å². The fourth-order valence-electron chi connectivity index (χ4n) is 3.95. The van der Waals surface area contributed by atoms with Crippen molar-refractivity contribution in [2.45, 2.75) is 20.4 Å². The van der Waals surface area contributed by atoms with E-state index in [1.165, 1.54) is 27.4 Å². The highest BCUT2D eigenvalue weighted by Gasteiger charge is 2.14. The number of nitrogens with zero attached hydrogens (tertiary/aromatic N) is 2. The normalized spacial score (nSPS) is 11.5. The van der Waals surface area contributed by atoms with Crippen LogP contribution in [0.4, 0.5) is 0 Å². The van der Waals surface area contributed by atoms with Gasteiger partial charge in [-0.1, -0.05) is 68.4 Å². The number of likely N-dealkylation sites (N-methyl/N-ethyl adjacent to an activating group) is 1. The van der Waals surface area contributed by atoms with Crippen molar-refractivity contribution in [3.63, 3.8) is 0 Å². The van der Waals surface area contributed by atoms with Gasteiger partial charge in [-0.15, -0.1) is 0 Å². The van der Waals surface area contributed by atoms with E-state index in [4.69, 9.17) is 4.74 Å². The molecule has 28 heavy (non-hydrogen) atoms. The Labute approximate surface area is 167 Å². The van der Waals surface area contributed by atoms with E-state index in [-0.39, 0.29) is 0 Å². The van der Waals surface area contributed by atoms with E-state index in [2.05, 4.69) is 96.1 Å². The minimum atomic E-state index is 0.707. The van der Waals surface area contributed by atoms with Crippen molar-refractivity contribution in [1.82, 2.24) is 9.47 Å². The molecule has 4 aromatic rings. The van der Waals surface area contributed by atoms with Crippen LogP contribution >= 0.6 is 0 Å². The lowest BCUT2D eigenvalue weighted by Crippen LogP contribution is -2.27. The molecule has 0 atom stereocenters. The van der Waals surface area contributed by atoms with Gasteiger partial charge in [0, 0.05) is 29.4 Å². The molecule has 0 amide bonds. The Balaban J connectivity index is 1.74.